The second kappa shape index (κ2) is 7.60. The van der Waals surface area contributed by atoms with Gasteiger partial charge in [-0.25, -0.2) is 5.43 Å². The molecule has 3 rings (SSSR count). The predicted octanol–water partition coefficient (Wildman–Crippen LogP) is 2.30. The van der Waals surface area contributed by atoms with Crippen LogP contribution < -0.4 is 19.6 Å². The summed E-state index contributed by atoms with van der Waals surface area (Å²) in [7, 11) is 1.46. The fourth-order valence-corrected chi connectivity index (χ4v) is 2.84. The summed E-state index contributed by atoms with van der Waals surface area (Å²) in [6.45, 7) is 0.114. The normalized spacial score (nSPS) is 15.8. The smallest absolute Gasteiger partial charge is 0.284 e. The molecule has 8 heteroatoms. The molecule has 130 valence electrons. The highest BCUT2D eigenvalue weighted by atomic mass is 127. The Balaban J connectivity index is 1.63. The number of ether oxygens (including phenoxy) is 3. The molecule has 0 unspecified atom stereocenters. The Bertz CT molecular complexity index is 825. The van der Waals surface area contributed by atoms with Crippen LogP contribution in [0.3, 0.4) is 0 Å². The van der Waals surface area contributed by atoms with E-state index in [1.165, 1.54) is 13.3 Å². The van der Waals surface area contributed by atoms with Gasteiger partial charge in [0.05, 0.1) is 16.9 Å². The van der Waals surface area contributed by atoms with Gasteiger partial charge in [0.2, 0.25) is 6.10 Å². The van der Waals surface area contributed by atoms with Gasteiger partial charge in [0.1, 0.15) is 6.61 Å². The first-order chi connectivity index (χ1) is 12.1. The van der Waals surface area contributed by atoms with Gasteiger partial charge >= 0.3 is 0 Å². The molecule has 1 amide bonds. The quantitative estimate of drug-likeness (QED) is 0.421. The average Bonchev–Trinajstić information content (AvgIpc) is 2.63. The molecule has 0 saturated heterocycles. The maximum Gasteiger partial charge on any atom is 0.284 e. The zero-order valence-electron chi connectivity index (χ0n) is 13.2. The van der Waals surface area contributed by atoms with Crippen molar-refractivity contribution >= 4 is 34.7 Å². The van der Waals surface area contributed by atoms with Crippen LogP contribution in [0.25, 0.3) is 0 Å². The van der Waals surface area contributed by atoms with Crippen molar-refractivity contribution in [3.8, 4) is 23.0 Å². The Labute approximate surface area is 157 Å². The van der Waals surface area contributed by atoms with E-state index >= 15 is 0 Å². The number of phenolic OH excluding ortho intramolecular Hbond substituents is 1. The molecular formula is C17H15IN2O5. The molecule has 0 fully saturated rings. The number of hydrazone groups is 1. The maximum atomic E-state index is 12.1. The van der Waals surface area contributed by atoms with Gasteiger partial charge in [-0.05, 0) is 52.4 Å². The van der Waals surface area contributed by atoms with Crippen LogP contribution >= 0.6 is 22.6 Å². The van der Waals surface area contributed by atoms with Crippen molar-refractivity contribution in [3.05, 3.63) is 45.5 Å². The SMILES string of the molecule is COc1cc(/C=N\NC(=O)[C@@H]2COc3ccccc3O2)cc(I)c1O. The Morgan fingerprint density at radius 2 is 2.16 bits per heavy atom. The number of fused-ring (bicyclic) bond motifs is 1. The minimum atomic E-state index is -0.776. The second-order valence-corrected chi connectivity index (χ2v) is 6.31. The topological polar surface area (TPSA) is 89.4 Å². The van der Waals surface area contributed by atoms with Crippen LogP contribution in [-0.2, 0) is 4.79 Å². The van der Waals surface area contributed by atoms with Crippen molar-refractivity contribution in [3.63, 3.8) is 0 Å². The van der Waals surface area contributed by atoms with Crippen molar-refractivity contribution in [2.75, 3.05) is 13.7 Å². The molecule has 25 heavy (non-hydrogen) atoms. The molecule has 1 atom stereocenters. The van der Waals surface area contributed by atoms with Crippen LogP contribution in [0.5, 0.6) is 23.0 Å². The number of carbonyl (C=O) groups excluding carboxylic acids is 1. The van der Waals surface area contributed by atoms with Gasteiger partial charge in [-0.15, -0.1) is 0 Å². The number of methoxy groups -OCH3 is 1. The molecule has 7 nitrogen and oxygen atoms in total. The number of nitrogens with zero attached hydrogens (tertiary/aromatic N) is 1. The molecule has 0 radical (unpaired) electrons. The van der Waals surface area contributed by atoms with Gasteiger partial charge < -0.3 is 19.3 Å². The van der Waals surface area contributed by atoms with Gasteiger partial charge in [-0.1, -0.05) is 12.1 Å². The molecule has 1 aliphatic rings. The lowest BCUT2D eigenvalue weighted by atomic mass is 10.2. The Morgan fingerprint density at radius 3 is 2.92 bits per heavy atom. The Hall–Kier alpha value is -2.49. The largest absolute Gasteiger partial charge is 0.504 e. The number of halogens is 1. The molecule has 0 aromatic heterocycles. The molecule has 0 bridgehead atoms. The van der Waals surface area contributed by atoms with Crippen LogP contribution in [0.15, 0.2) is 41.5 Å². The maximum absolute atomic E-state index is 12.1. The number of benzene rings is 2. The zero-order chi connectivity index (χ0) is 17.8. The number of nitrogens with one attached hydrogen (secondary N) is 1. The molecular weight excluding hydrogens is 439 g/mol. The van der Waals surface area contributed by atoms with Crippen molar-refractivity contribution in [1.29, 1.82) is 0 Å². The lowest BCUT2D eigenvalue weighted by Crippen LogP contribution is -2.42. The molecule has 0 spiro atoms. The standard InChI is InChI=1S/C17H15IN2O5/c1-23-14-7-10(6-11(18)16(14)21)8-19-20-17(22)15-9-24-12-4-2-3-5-13(12)25-15/h2-8,15,21H,9H2,1H3,(H,20,22)/b19-8-/t15-/m0/s1. The van der Waals surface area contributed by atoms with Crippen molar-refractivity contribution < 1.29 is 24.1 Å². The summed E-state index contributed by atoms with van der Waals surface area (Å²) in [5, 5.41) is 13.7. The number of phenols is 1. The number of carbonyl (C=O) groups is 1. The van der Waals surface area contributed by atoms with Crippen molar-refractivity contribution in [1.82, 2.24) is 5.43 Å². The van der Waals surface area contributed by atoms with Gasteiger partial charge in [0, 0.05) is 0 Å². The summed E-state index contributed by atoms with van der Waals surface area (Å²) >= 11 is 1.98. The van der Waals surface area contributed by atoms with Crippen LogP contribution in [0.4, 0.5) is 0 Å². The first-order valence-corrected chi connectivity index (χ1v) is 8.44. The zero-order valence-corrected chi connectivity index (χ0v) is 15.4. The number of rotatable bonds is 4. The number of hydrogen-bond donors (Lipinski definition) is 2. The molecule has 0 aliphatic carbocycles. The molecule has 2 aromatic rings. The molecule has 1 aliphatic heterocycles. The predicted molar refractivity (Wildman–Crippen MR) is 99.5 cm³/mol. The molecule has 2 aromatic carbocycles. The fraction of sp³-hybridized carbons (Fsp3) is 0.176. The van der Waals surface area contributed by atoms with Crippen LogP contribution in [0.2, 0.25) is 0 Å². The second-order valence-electron chi connectivity index (χ2n) is 5.15. The van der Waals surface area contributed by atoms with E-state index in [0.717, 1.165) is 0 Å². The highest BCUT2D eigenvalue weighted by Crippen LogP contribution is 2.32. The lowest BCUT2D eigenvalue weighted by Gasteiger charge is -2.24. The number of hydrogen-bond acceptors (Lipinski definition) is 6. The van der Waals surface area contributed by atoms with E-state index in [9.17, 15) is 9.90 Å². The van der Waals surface area contributed by atoms with Gasteiger partial charge in [-0.2, -0.15) is 5.10 Å². The molecule has 0 saturated carbocycles. The summed E-state index contributed by atoms with van der Waals surface area (Å²) in [5.74, 6) is 1.12. The minimum Gasteiger partial charge on any atom is -0.504 e. The van der Waals surface area contributed by atoms with E-state index in [-0.39, 0.29) is 12.4 Å². The summed E-state index contributed by atoms with van der Waals surface area (Å²) in [6, 6.07) is 10.5. The van der Waals surface area contributed by atoms with Gasteiger partial charge in [0.25, 0.3) is 5.91 Å². The molecule has 1 heterocycles. The van der Waals surface area contributed by atoms with Crippen molar-refractivity contribution in [2.45, 2.75) is 6.10 Å². The Morgan fingerprint density at radius 1 is 1.40 bits per heavy atom. The summed E-state index contributed by atoms with van der Waals surface area (Å²) < 4.78 is 16.8. The van der Waals surface area contributed by atoms with E-state index < -0.39 is 12.0 Å². The van der Waals surface area contributed by atoms with E-state index in [1.807, 2.05) is 28.7 Å². The highest BCUT2D eigenvalue weighted by Gasteiger charge is 2.26. The number of para-hydroxylation sites is 2. The first-order valence-electron chi connectivity index (χ1n) is 7.36. The summed E-state index contributed by atoms with van der Waals surface area (Å²) in [6.07, 6.45) is 0.682. The Kier molecular flexibility index (Phi) is 5.27. The van der Waals surface area contributed by atoms with E-state index in [4.69, 9.17) is 14.2 Å². The highest BCUT2D eigenvalue weighted by molar-refractivity contribution is 14.1. The van der Waals surface area contributed by atoms with Gasteiger partial charge in [-0.3, -0.25) is 4.79 Å². The van der Waals surface area contributed by atoms with Gasteiger partial charge in [0.15, 0.2) is 23.0 Å². The van der Waals surface area contributed by atoms with E-state index in [2.05, 4.69) is 10.5 Å². The lowest BCUT2D eigenvalue weighted by molar-refractivity contribution is -0.130. The minimum absolute atomic E-state index is 0.0655. The summed E-state index contributed by atoms with van der Waals surface area (Å²) in [4.78, 5) is 12.1. The third kappa shape index (κ3) is 3.95. The summed E-state index contributed by atoms with van der Waals surface area (Å²) in [5.41, 5.74) is 3.09. The van der Waals surface area contributed by atoms with Crippen molar-refractivity contribution in [2.24, 2.45) is 5.10 Å². The third-order valence-electron chi connectivity index (χ3n) is 3.46. The van der Waals surface area contributed by atoms with E-state index in [1.54, 1.807) is 30.3 Å². The third-order valence-corrected chi connectivity index (χ3v) is 4.28. The average molecular weight is 454 g/mol. The fourth-order valence-electron chi connectivity index (χ4n) is 2.22. The monoisotopic (exact) mass is 454 g/mol. The van der Waals surface area contributed by atoms with Crippen LogP contribution in [0, 0.1) is 3.57 Å². The van der Waals surface area contributed by atoms with Crippen LogP contribution in [-0.4, -0.2) is 37.0 Å². The van der Waals surface area contributed by atoms with E-state index in [0.29, 0.717) is 26.4 Å². The number of aromatic hydroxyl groups is 1. The van der Waals surface area contributed by atoms with Crippen LogP contribution in [0.1, 0.15) is 5.56 Å². The molecule has 2 N–H and O–H groups in total. The first kappa shape index (κ1) is 17.3. The number of amides is 1.